The third kappa shape index (κ3) is 5.27. The topological polar surface area (TPSA) is 88.6 Å². The van der Waals surface area contributed by atoms with E-state index in [0.29, 0.717) is 53.7 Å². The summed E-state index contributed by atoms with van der Waals surface area (Å²) in [6.45, 7) is 2.93. The van der Waals surface area contributed by atoms with Crippen molar-refractivity contribution in [3.05, 3.63) is 46.8 Å². The van der Waals surface area contributed by atoms with Gasteiger partial charge in [0.1, 0.15) is 0 Å². The van der Waals surface area contributed by atoms with Crippen molar-refractivity contribution in [3.8, 4) is 0 Å². The van der Waals surface area contributed by atoms with E-state index in [2.05, 4.69) is 15.4 Å². The summed E-state index contributed by atoms with van der Waals surface area (Å²) in [4.78, 5) is 16.1. The van der Waals surface area contributed by atoms with E-state index in [9.17, 15) is 18.0 Å². The molecule has 39 heavy (non-hydrogen) atoms. The minimum absolute atomic E-state index is 0.0131. The first-order valence-corrected chi connectivity index (χ1v) is 13.8. The number of hydrogen-bond donors (Lipinski definition) is 0. The highest BCUT2D eigenvalue weighted by molar-refractivity contribution is 6.01. The number of fused-ring (bicyclic) bond motifs is 1. The number of carbonyl (C=O) groups excluding carboxylic acids is 1. The molecule has 2 aliphatic heterocycles. The second-order valence-electron chi connectivity index (χ2n) is 11.2. The Balaban J connectivity index is 1.11. The van der Waals surface area contributed by atoms with Gasteiger partial charge in [0.2, 0.25) is 5.91 Å². The Morgan fingerprint density at radius 3 is 2.21 bits per heavy atom. The number of amides is 1. The van der Waals surface area contributed by atoms with Crippen molar-refractivity contribution < 1.29 is 18.0 Å². The molecule has 2 aromatic rings. The number of likely N-dealkylation sites (tertiary alicyclic amines) is 1. The van der Waals surface area contributed by atoms with Crippen LogP contribution in [0.2, 0.25) is 0 Å². The zero-order chi connectivity index (χ0) is 27.1. The van der Waals surface area contributed by atoms with E-state index in [-0.39, 0.29) is 12.5 Å². The Hall–Kier alpha value is -3.37. The first-order valence-electron chi connectivity index (χ1n) is 13.8. The molecular weight excluding hydrogens is 507 g/mol. The fraction of sp³-hybridized carbons (Fsp3) is 0.571. The van der Waals surface area contributed by atoms with Crippen molar-refractivity contribution in [2.45, 2.75) is 64.6 Å². The highest BCUT2D eigenvalue weighted by Gasteiger charge is 2.46. The maximum Gasteiger partial charge on any atom is 0.416 e. The predicted molar refractivity (Wildman–Crippen MR) is 140 cm³/mol. The smallest absolute Gasteiger partial charge is 0.339 e. The molecule has 2 aliphatic carbocycles. The summed E-state index contributed by atoms with van der Waals surface area (Å²) in [7, 11) is 0. The van der Waals surface area contributed by atoms with Crippen LogP contribution in [0.3, 0.4) is 0 Å². The van der Waals surface area contributed by atoms with E-state index in [1.54, 1.807) is 13.0 Å². The highest BCUT2D eigenvalue weighted by atomic mass is 19.4. The molecule has 8 nitrogen and oxygen atoms in total. The van der Waals surface area contributed by atoms with Gasteiger partial charge in [0.15, 0.2) is 5.82 Å². The Bertz CT molecular complexity index is 1330. The predicted octanol–water partition coefficient (Wildman–Crippen LogP) is 4.94. The van der Waals surface area contributed by atoms with Crippen molar-refractivity contribution in [3.63, 3.8) is 0 Å². The molecule has 1 amide bonds. The van der Waals surface area contributed by atoms with Crippen molar-refractivity contribution in [2.75, 3.05) is 13.1 Å². The van der Waals surface area contributed by atoms with Gasteiger partial charge in [0.25, 0.3) is 0 Å². The molecule has 1 aromatic heterocycles. The molecule has 0 radical (unpaired) electrons. The highest BCUT2D eigenvalue weighted by Crippen LogP contribution is 2.46. The van der Waals surface area contributed by atoms with E-state index in [4.69, 9.17) is 10.2 Å². The normalized spacial score (nSPS) is 24.2. The number of rotatable bonds is 6. The van der Waals surface area contributed by atoms with Gasteiger partial charge in [-0.25, -0.2) is 0 Å². The fourth-order valence-corrected chi connectivity index (χ4v) is 6.23. The zero-order valence-electron chi connectivity index (χ0n) is 21.9. The lowest BCUT2D eigenvalue weighted by molar-refractivity contribution is -0.137. The van der Waals surface area contributed by atoms with Gasteiger partial charge < -0.3 is 4.90 Å². The summed E-state index contributed by atoms with van der Waals surface area (Å²) in [5.74, 6) is 2.40. The number of aromatic nitrogens is 4. The maximum atomic E-state index is 13.3. The molecule has 3 heterocycles. The zero-order valence-corrected chi connectivity index (χ0v) is 21.9. The van der Waals surface area contributed by atoms with Crippen LogP contribution in [0.1, 0.15) is 67.5 Å². The number of halogens is 3. The van der Waals surface area contributed by atoms with E-state index in [1.165, 1.54) is 60.5 Å². The molecular formula is C28H32F3N7O. The van der Waals surface area contributed by atoms with Gasteiger partial charge in [0.05, 0.1) is 12.1 Å². The standard InChI is InChI=1S/C28H32F3N7O/c1-17-32-36-38(35-17)16-21-15-22(28(29,30)31)7-5-18(21)6-10-25(39)37-13-11-20(12-14-37)27-24-9-8-23(24)26(33-34-27)19-3-2-4-19/h5-7,10,15,19-20,23-24H,2-4,8-9,11-14,16H2,1H3/b10-6+. The van der Waals surface area contributed by atoms with Crippen LogP contribution in [0, 0.1) is 30.6 Å². The summed E-state index contributed by atoms with van der Waals surface area (Å²) in [5.41, 5.74) is 2.69. The van der Waals surface area contributed by atoms with Gasteiger partial charge >= 0.3 is 6.18 Å². The summed E-state index contributed by atoms with van der Waals surface area (Å²) in [6.07, 6.45) is 6.49. The van der Waals surface area contributed by atoms with Crippen molar-refractivity contribution >= 4 is 23.4 Å². The number of alkyl halides is 3. The lowest BCUT2D eigenvalue weighted by Gasteiger charge is -2.46. The van der Waals surface area contributed by atoms with Gasteiger partial charge in [0, 0.05) is 48.3 Å². The molecule has 0 spiro atoms. The maximum absolute atomic E-state index is 13.3. The molecule has 6 rings (SSSR count). The first kappa shape index (κ1) is 25.9. The Kier molecular flexibility index (Phi) is 6.84. The van der Waals surface area contributed by atoms with E-state index in [0.717, 1.165) is 25.0 Å². The number of carbonyl (C=O) groups is 1. The van der Waals surface area contributed by atoms with Crippen molar-refractivity contribution in [1.29, 1.82) is 0 Å². The molecule has 4 aliphatic rings. The average molecular weight is 540 g/mol. The third-order valence-electron chi connectivity index (χ3n) is 8.80. The molecule has 2 atom stereocenters. The number of hydrogen-bond acceptors (Lipinski definition) is 6. The monoisotopic (exact) mass is 539 g/mol. The van der Waals surface area contributed by atoms with Crippen LogP contribution in [-0.2, 0) is 17.5 Å². The summed E-state index contributed by atoms with van der Waals surface area (Å²) >= 11 is 0. The third-order valence-corrected chi connectivity index (χ3v) is 8.80. The number of tetrazole rings is 1. The second kappa shape index (κ2) is 10.3. The SMILES string of the molecule is Cc1nnn(Cc2cc(C(F)(F)F)ccc2/C=C/C(=O)N2CCC(C3=NN=C(C4CCC4)C4CCC34)CC2)n1. The minimum atomic E-state index is -4.48. The van der Waals surface area contributed by atoms with Gasteiger partial charge in [-0.2, -0.15) is 28.2 Å². The van der Waals surface area contributed by atoms with Crippen LogP contribution in [0.25, 0.3) is 6.08 Å². The molecule has 11 heteroatoms. The lowest BCUT2D eigenvalue weighted by atomic mass is 9.61. The quantitative estimate of drug-likeness (QED) is 0.487. The van der Waals surface area contributed by atoms with E-state index < -0.39 is 11.7 Å². The molecule has 0 N–H and O–H groups in total. The molecule has 0 bridgehead atoms. The van der Waals surface area contributed by atoms with Crippen LogP contribution in [0.5, 0.6) is 0 Å². The summed E-state index contributed by atoms with van der Waals surface area (Å²) in [5, 5.41) is 21.2. The number of nitrogens with zero attached hydrogens (tertiary/aromatic N) is 7. The molecule has 2 unspecified atom stereocenters. The number of benzene rings is 1. The fourth-order valence-electron chi connectivity index (χ4n) is 6.23. The minimum Gasteiger partial charge on any atom is -0.339 e. The van der Waals surface area contributed by atoms with Crippen LogP contribution in [0.4, 0.5) is 13.2 Å². The van der Waals surface area contributed by atoms with Gasteiger partial charge in [-0.05, 0) is 85.9 Å². The molecule has 3 fully saturated rings. The van der Waals surface area contributed by atoms with E-state index in [1.807, 2.05) is 4.90 Å². The molecule has 206 valence electrons. The average Bonchev–Trinajstić information content (AvgIpc) is 3.26. The second-order valence-corrected chi connectivity index (χ2v) is 11.2. The largest absolute Gasteiger partial charge is 0.416 e. The lowest BCUT2D eigenvalue weighted by Crippen LogP contribution is -2.48. The molecule has 1 saturated heterocycles. The van der Waals surface area contributed by atoms with Crippen LogP contribution < -0.4 is 0 Å². The van der Waals surface area contributed by atoms with Crippen molar-refractivity contribution in [1.82, 2.24) is 25.1 Å². The number of aryl methyl sites for hydroxylation is 1. The van der Waals surface area contributed by atoms with Crippen LogP contribution >= 0.6 is 0 Å². The Morgan fingerprint density at radius 2 is 1.67 bits per heavy atom. The Labute approximate surface area is 225 Å². The van der Waals surface area contributed by atoms with Gasteiger partial charge in [-0.15, -0.1) is 10.2 Å². The molecule has 2 saturated carbocycles. The van der Waals surface area contributed by atoms with Gasteiger partial charge in [-0.3, -0.25) is 4.79 Å². The van der Waals surface area contributed by atoms with E-state index >= 15 is 0 Å². The number of piperidine rings is 1. The first-order chi connectivity index (χ1) is 18.8. The Morgan fingerprint density at radius 1 is 1.00 bits per heavy atom. The summed E-state index contributed by atoms with van der Waals surface area (Å²) < 4.78 is 40.0. The van der Waals surface area contributed by atoms with Gasteiger partial charge in [-0.1, -0.05) is 12.5 Å². The van der Waals surface area contributed by atoms with Crippen molar-refractivity contribution in [2.24, 2.45) is 33.9 Å². The molecule has 1 aromatic carbocycles. The van der Waals surface area contributed by atoms with Crippen LogP contribution in [0.15, 0.2) is 34.5 Å². The summed E-state index contributed by atoms with van der Waals surface area (Å²) in [6, 6.07) is 3.48. The van der Waals surface area contributed by atoms with Crippen LogP contribution in [-0.4, -0.2) is 55.5 Å².